The number of hydrogen-bond acceptors (Lipinski definition) is 2. The molecule has 0 unspecified atom stereocenters. The summed E-state index contributed by atoms with van der Waals surface area (Å²) in [5.74, 6) is 0.671. The molecule has 1 amide bonds. The lowest BCUT2D eigenvalue weighted by molar-refractivity contribution is -0.122. The van der Waals surface area contributed by atoms with Crippen molar-refractivity contribution in [3.05, 3.63) is 0 Å². The molecule has 0 aliphatic heterocycles. The van der Waals surface area contributed by atoms with E-state index in [1.54, 1.807) is 6.92 Å². The number of nitrogens with one attached hydrogen (secondary N) is 1. The summed E-state index contributed by atoms with van der Waals surface area (Å²) in [6.07, 6.45) is 7.79. The fraction of sp³-hybridized carbons (Fsp3) is 0.917. The van der Waals surface area contributed by atoms with Crippen LogP contribution in [0.4, 0.5) is 0 Å². The van der Waals surface area contributed by atoms with E-state index in [-0.39, 0.29) is 5.91 Å². The molecule has 0 saturated heterocycles. The third kappa shape index (κ3) is 5.78. The van der Waals surface area contributed by atoms with Crippen molar-refractivity contribution >= 4 is 5.91 Å². The normalized spacial score (nSPS) is 20.7. The number of aliphatic hydroxyl groups excluding tert-OH is 1. The molecule has 0 aromatic carbocycles. The molecule has 1 fully saturated rings. The number of aliphatic hydroxyl groups is 1. The van der Waals surface area contributed by atoms with E-state index >= 15 is 0 Å². The molecule has 0 aromatic rings. The molecule has 2 N–H and O–H groups in total. The van der Waals surface area contributed by atoms with E-state index in [2.05, 4.69) is 5.32 Å². The van der Waals surface area contributed by atoms with Gasteiger partial charge in [0.1, 0.15) is 0 Å². The summed E-state index contributed by atoms with van der Waals surface area (Å²) in [6.45, 7) is 2.07. The maximum atomic E-state index is 11.5. The van der Waals surface area contributed by atoms with Gasteiger partial charge in [0.05, 0.1) is 6.10 Å². The third-order valence-corrected chi connectivity index (χ3v) is 3.04. The standard InChI is InChI=1S/C12H23NO2/c1-10(14)9-13-12(15)8-11-6-4-2-3-5-7-11/h10-11,14H,2-9H2,1H3,(H,13,15)/t10-/m0/s1. The van der Waals surface area contributed by atoms with E-state index in [4.69, 9.17) is 5.11 Å². The number of carbonyl (C=O) groups excluding carboxylic acids is 1. The molecule has 1 aliphatic rings. The zero-order valence-corrected chi connectivity index (χ0v) is 9.67. The third-order valence-electron chi connectivity index (χ3n) is 3.04. The zero-order valence-electron chi connectivity index (χ0n) is 9.67. The molecule has 3 heteroatoms. The Morgan fingerprint density at radius 3 is 2.47 bits per heavy atom. The van der Waals surface area contributed by atoms with Crippen LogP contribution in [-0.2, 0) is 4.79 Å². The molecule has 1 aliphatic carbocycles. The van der Waals surface area contributed by atoms with Gasteiger partial charge >= 0.3 is 0 Å². The van der Waals surface area contributed by atoms with Crippen molar-refractivity contribution in [3.8, 4) is 0 Å². The summed E-state index contributed by atoms with van der Waals surface area (Å²) in [7, 11) is 0. The first-order valence-electron chi connectivity index (χ1n) is 6.13. The summed E-state index contributed by atoms with van der Waals surface area (Å²) in [5.41, 5.74) is 0. The van der Waals surface area contributed by atoms with Crippen molar-refractivity contribution in [3.63, 3.8) is 0 Å². The highest BCUT2D eigenvalue weighted by molar-refractivity contribution is 5.76. The van der Waals surface area contributed by atoms with Gasteiger partial charge < -0.3 is 10.4 Å². The summed E-state index contributed by atoms with van der Waals surface area (Å²) in [4.78, 5) is 11.5. The Bertz CT molecular complexity index is 184. The molecular formula is C12H23NO2. The van der Waals surface area contributed by atoms with Crippen LogP contribution >= 0.6 is 0 Å². The highest BCUT2D eigenvalue weighted by Gasteiger charge is 2.15. The lowest BCUT2D eigenvalue weighted by atomic mass is 9.96. The second-order valence-corrected chi connectivity index (χ2v) is 4.71. The predicted octanol–water partition coefficient (Wildman–Crippen LogP) is 1.84. The van der Waals surface area contributed by atoms with Crippen LogP contribution in [0.1, 0.15) is 51.9 Å². The second kappa shape index (κ2) is 6.83. The van der Waals surface area contributed by atoms with E-state index < -0.39 is 6.10 Å². The molecule has 1 atom stereocenters. The summed E-state index contributed by atoms with van der Waals surface area (Å²) < 4.78 is 0. The predicted molar refractivity (Wildman–Crippen MR) is 60.5 cm³/mol. The Kier molecular flexibility index (Phi) is 5.69. The van der Waals surface area contributed by atoms with Crippen LogP contribution in [0.2, 0.25) is 0 Å². The Labute approximate surface area is 92.3 Å². The summed E-state index contributed by atoms with van der Waals surface area (Å²) in [5, 5.41) is 11.8. The maximum absolute atomic E-state index is 11.5. The molecular weight excluding hydrogens is 190 g/mol. The molecule has 88 valence electrons. The van der Waals surface area contributed by atoms with Crippen molar-refractivity contribution in [2.45, 2.75) is 58.0 Å². The molecule has 0 radical (unpaired) electrons. The van der Waals surface area contributed by atoms with E-state index in [0.29, 0.717) is 18.9 Å². The van der Waals surface area contributed by atoms with Gasteiger partial charge in [0.25, 0.3) is 0 Å². The number of rotatable bonds is 4. The minimum absolute atomic E-state index is 0.0998. The van der Waals surface area contributed by atoms with Crippen LogP contribution in [0.5, 0.6) is 0 Å². The fourth-order valence-electron chi connectivity index (χ4n) is 2.16. The van der Waals surface area contributed by atoms with Gasteiger partial charge in [0.15, 0.2) is 0 Å². The number of amides is 1. The average Bonchev–Trinajstić information content (AvgIpc) is 2.43. The van der Waals surface area contributed by atoms with Gasteiger partial charge in [-0.25, -0.2) is 0 Å². The molecule has 0 bridgehead atoms. The zero-order chi connectivity index (χ0) is 11.1. The van der Waals surface area contributed by atoms with Crippen molar-refractivity contribution < 1.29 is 9.90 Å². The molecule has 0 heterocycles. The van der Waals surface area contributed by atoms with Crippen molar-refractivity contribution in [1.29, 1.82) is 0 Å². The molecule has 1 saturated carbocycles. The van der Waals surface area contributed by atoms with Crippen molar-refractivity contribution in [2.75, 3.05) is 6.54 Å². The first-order valence-corrected chi connectivity index (χ1v) is 6.13. The van der Waals surface area contributed by atoms with E-state index in [1.165, 1.54) is 38.5 Å². The largest absolute Gasteiger partial charge is 0.392 e. The van der Waals surface area contributed by atoms with Crippen LogP contribution in [0.3, 0.4) is 0 Å². The van der Waals surface area contributed by atoms with E-state index in [0.717, 1.165) is 0 Å². The average molecular weight is 213 g/mol. The minimum atomic E-state index is -0.442. The van der Waals surface area contributed by atoms with Gasteiger partial charge in [-0.15, -0.1) is 0 Å². The molecule has 15 heavy (non-hydrogen) atoms. The minimum Gasteiger partial charge on any atom is -0.392 e. The molecule has 0 aromatic heterocycles. The Balaban J connectivity index is 2.17. The fourth-order valence-corrected chi connectivity index (χ4v) is 2.16. The van der Waals surface area contributed by atoms with Crippen LogP contribution < -0.4 is 5.32 Å². The topological polar surface area (TPSA) is 49.3 Å². The van der Waals surface area contributed by atoms with Gasteiger partial charge in [0, 0.05) is 13.0 Å². The molecule has 0 spiro atoms. The SMILES string of the molecule is C[C@H](O)CNC(=O)CC1CCCCCC1. The van der Waals surface area contributed by atoms with Crippen LogP contribution in [0, 0.1) is 5.92 Å². The van der Waals surface area contributed by atoms with Crippen LogP contribution in [-0.4, -0.2) is 23.7 Å². The summed E-state index contributed by atoms with van der Waals surface area (Å²) in [6, 6.07) is 0. The second-order valence-electron chi connectivity index (χ2n) is 4.71. The quantitative estimate of drug-likeness (QED) is 0.700. The van der Waals surface area contributed by atoms with Crippen LogP contribution in [0.15, 0.2) is 0 Å². The maximum Gasteiger partial charge on any atom is 0.220 e. The van der Waals surface area contributed by atoms with Crippen molar-refractivity contribution in [1.82, 2.24) is 5.32 Å². The van der Waals surface area contributed by atoms with Gasteiger partial charge in [-0.05, 0) is 25.7 Å². The molecule has 1 rings (SSSR count). The lowest BCUT2D eigenvalue weighted by Crippen LogP contribution is -2.31. The number of hydrogen-bond donors (Lipinski definition) is 2. The van der Waals surface area contributed by atoms with Crippen LogP contribution in [0.25, 0.3) is 0 Å². The van der Waals surface area contributed by atoms with Gasteiger partial charge in [0.2, 0.25) is 5.91 Å². The van der Waals surface area contributed by atoms with Gasteiger partial charge in [-0.2, -0.15) is 0 Å². The smallest absolute Gasteiger partial charge is 0.220 e. The monoisotopic (exact) mass is 213 g/mol. The highest BCUT2D eigenvalue weighted by Crippen LogP contribution is 2.25. The lowest BCUT2D eigenvalue weighted by Gasteiger charge is -2.14. The number of carbonyl (C=O) groups is 1. The van der Waals surface area contributed by atoms with E-state index in [9.17, 15) is 4.79 Å². The molecule has 3 nitrogen and oxygen atoms in total. The van der Waals surface area contributed by atoms with Crippen molar-refractivity contribution in [2.24, 2.45) is 5.92 Å². The Morgan fingerprint density at radius 2 is 1.93 bits per heavy atom. The van der Waals surface area contributed by atoms with E-state index in [1.807, 2.05) is 0 Å². The van der Waals surface area contributed by atoms with Gasteiger partial charge in [-0.3, -0.25) is 4.79 Å². The Hall–Kier alpha value is -0.570. The highest BCUT2D eigenvalue weighted by atomic mass is 16.3. The summed E-state index contributed by atoms with van der Waals surface area (Å²) >= 11 is 0. The first kappa shape index (κ1) is 12.5. The van der Waals surface area contributed by atoms with Gasteiger partial charge in [-0.1, -0.05) is 25.7 Å². The Morgan fingerprint density at radius 1 is 1.33 bits per heavy atom. The first-order chi connectivity index (χ1) is 7.18.